The molecule has 0 unspecified atom stereocenters. The molecule has 5 aliphatic heterocycles. The van der Waals surface area contributed by atoms with Crippen LogP contribution >= 0.6 is 0 Å². The first kappa shape index (κ1) is 74.4. The van der Waals surface area contributed by atoms with Crippen LogP contribution in [0.1, 0.15) is 218 Å². The molecule has 9 aromatic carbocycles. The van der Waals surface area contributed by atoms with Crippen LogP contribution in [-0.2, 0) is 0 Å². The molecule has 0 bridgehead atoms. The number of hydrogen-bond acceptors (Lipinski definition) is 14. The number of carbonyl (C=O) groups excluding carboxylic acids is 3. The second-order valence-electron chi connectivity index (χ2n) is 37.2. The van der Waals surface area contributed by atoms with Crippen molar-refractivity contribution < 1.29 is 28.6 Å². The average Bonchev–Trinajstić information content (AvgIpc) is 0.720. The standard InChI is InChI=1S/C33H37N3O2.2C32H36N4O2/c1-19-13-15-25-24(17-19)28-30-29(22-11-7-8-12-23(22)31(28)38-33(25,2)3)35-26-16-14-20(18-27(26)36-30)32(37)34-21-9-5-4-6-10-21;1-19-9-11-24-23(17-19)27-29-28(21-7-5-6-8-22(21)30(27)38-32(24,2)3)34-26-18-20(10-12-25(26)33-29)31(37)36-15-13-35(4)14-16-36;1-19-9-11-24-23(17-19)27-29-28(21-7-5-6-8-22(21)30(27)38-32(24,2)3)33-25-12-10-20(18-26(25)34-29)31(37)36-15-13-35(4)14-16-36/h7-8,11-12,14,16,18-19,21,24-25H,4-6,9-10,13,15,17H2,1-3H3,(H,34,37);2*5-8,10,12,18-19,23-24H,9,11,13-17H2,1-4H3/t19-,24-,25-;2*19-,23-,24-/m000/s1. The van der Waals surface area contributed by atoms with Gasteiger partial charge in [-0.3, -0.25) is 14.4 Å². The van der Waals surface area contributed by atoms with Crippen LogP contribution in [0.15, 0.2) is 127 Å². The SMILES string of the molecule is C[C@H]1CC[C@H]2[C@H](C1)c1c(c3ccccc3c3nc4cc(C(=O)N5CCN(C)CC5)ccc4nc13)OC2(C)C.C[C@H]1CC[C@H]2[C@H](C1)c1c(c3ccccc3c3nc4ccc(C(=O)N5CCN(C)CC5)cc4nc13)OC2(C)C.C[C@H]1CC[C@H]2[C@H](C1)c1c(c3ccccc3c3nc4ccc(C(=O)NC5CCCCC5)cc4nc13)OC2(C)C. The van der Waals surface area contributed by atoms with Gasteiger partial charge in [-0.05, 0) is 197 Å². The maximum atomic E-state index is 13.4. The molecule has 588 valence electrons. The summed E-state index contributed by atoms with van der Waals surface area (Å²) in [6, 6.07) is 43.0. The van der Waals surface area contributed by atoms with Gasteiger partial charge in [-0.2, -0.15) is 0 Å². The third-order valence-corrected chi connectivity index (χ3v) is 28.3. The number of aromatic nitrogens is 6. The Morgan fingerprint density at radius 3 is 1.03 bits per heavy atom. The van der Waals surface area contributed by atoms with Crippen molar-refractivity contribution in [1.29, 1.82) is 0 Å². The predicted octanol–water partition coefficient (Wildman–Crippen LogP) is 19.7. The number of ether oxygens (including phenoxy) is 3. The van der Waals surface area contributed by atoms with Gasteiger partial charge in [0, 0.05) is 142 Å². The molecule has 6 fully saturated rings. The second-order valence-corrected chi connectivity index (χ2v) is 37.2. The fraction of sp³-hybridized carbons (Fsp3) is 0.474. The number of hydrogen-bond donors (Lipinski definition) is 1. The van der Waals surface area contributed by atoms with E-state index in [1.807, 2.05) is 64.4 Å². The van der Waals surface area contributed by atoms with E-state index in [-0.39, 0.29) is 40.6 Å². The maximum Gasteiger partial charge on any atom is 0.254 e. The first-order valence-corrected chi connectivity index (χ1v) is 42.8. The van der Waals surface area contributed by atoms with Gasteiger partial charge in [-0.25, -0.2) is 29.9 Å². The summed E-state index contributed by atoms with van der Waals surface area (Å²) in [5.74, 6) is 7.61. The Hall–Kier alpha value is -9.71. The summed E-state index contributed by atoms with van der Waals surface area (Å²) >= 11 is 0. The minimum absolute atomic E-state index is 0.00695. The third-order valence-electron chi connectivity index (χ3n) is 28.3. The molecular formula is C97H109N11O6. The van der Waals surface area contributed by atoms with Gasteiger partial charge in [-0.15, -0.1) is 0 Å². The molecule has 2 saturated heterocycles. The molecule has 1 N–H and O–H groups in total. The largest absolute Gasteiger partial charge is 0.487 e. The van der Waals surface area contributed by atoms with Crippen molar-refractivity contribution in [2.24, 2.45) is 35.5 Å². The van der Waals surface area contributed by atoms with E-state index in [2.05, 4.69) is 164 Å². The maximum absolute atomic E-state index is 13.4. The molecule has 9 atom stereocenters. The van der Waals surface area contributed by atoms with Crippen LogP contribution in [0.25, 0.3) is 98.5 Å². The van der Waals surface area contributed by atoms with Gasteiger partial charge in [-0.1, -0.05) is 132 Å². The molecule has 17 heteroatoms. The van der Waals surface area contributed by atoms with Gasteiger partial charge >= 0.3 is 0 Å². The number of likely N-dealkylation sites (N-methyl/N-ethyl adjacent to an activating group) is 2. The summed E-state index contributed by atoms with van der Waals surface area (Å²) in [6.45, 7) is 27.3. The van der Waals surface area contributed by atoms with E-state index in [0.29, 0.717) is 70.0 Å². The van der Waals surface area contributed by atoms with E-state index in [0.717, 1.165) is 207 Å². The highest BCUT2D eigenvalue weighted by Crippen LogP contribution is 2.60. The van der Waals surface area contributed by atoms with Crippen LogP contribution in [0.5, 0.6) is 17.2 Å². The number of piperazine rings is 2. The van der Waals surface area contributed by atoms with Gasteiger partial charge in [0.25, 0.3) is 17.7 Å². The lowest BCUT2D eigenvalue weighted by atomic mass is 9.64. The van der Waals surface area contributed by atoms with E-state index >= 15 is 0 Å². The van der Waals surface area contributed by atoms with Gasteiger partial charge in [0.1, 0.15) is 34.1 Å². The minimum Gasteiger partial charge on any atom is -0.487 e. The van der Waals surface area contributed by atoms with Crippen molar-refractivity contribution >= 4 is 116 Å². The molecule has 0 radical (unpaired) electrons. The van der Waals surface area contributed by atoms with Gasteiger partial charge in [0.05, 0.1) is 66.2 Å². The van der Waals surface area contributed by atoms with E-state index in [9.17, 15) is 14.4 Å². The monoisotopic (exact) mass is 1520 g/mol. The van der Waals surface area contributed by atoms with E-state index < -0.39 is 0 Å². The average molecular weight is 1530 g/mol. The highest BCUT2D eigenvalue weighted by molar-refractivity contribution is 6.14. The smallest absolute Gasteiger partial charge is 0.254 e. The quantitative estimate of drug-likeness (QED) is 0.130. The topological polar surface area (TPSA) is 181 Å². The lowest BCUT2D eigenvalue weighted by Crippen LogP contribution is -2.47. The van der Waals surface area contributed by atoms with E-state index in [1.165, 1.54) is 68.1 Å². The molecule has 4 saturated carbocycles. The summed E-state index contributed by atoms with van der Waals surface area (Å²) in [7, 11) is 4.20. The van der Waals surface area contributed by atoms with Crippen LogP contribution in [0.4, 0.5) is 0 Å². The van der Waals surface area contributed by atoms with Crippen molar-refractivity contribution in [3.05, 3.63) is 161 Å². The van der Waals surface area contributed by atoms with E-state index in [1.54, 1.807) is 0 Å². The molecule has 0 spiro atoms. The molecule has 3 aromatic heterocycles. The first-order chi connectivity index (χ1) is 55.0. The third kappa shape index (κ3) is 13.2. The van der Waals surface area contributed by atoms with Crippen molar-refractivity contribution in [1.82, 2.24) is 54.8 Å². The minimum atomic E-state index is -0.235. The predicted molar refractivity (Wildman–Crippen MR) is 457 cm³/mol. The number of benzene rings is 9. The summed E-state index contributed by atoms with van der Waals surface area (Å²) in [4.78, 5) is 79.6. The highest BCUT2D eigenvalue weighted by Gasteiger charge is 2.51. The molecule has 9 aliphatic rings. The normalized spacial score (nSPS) is 25.2. The van der Waals surface area contributed by atoms with Gasteiger partial charge in [0.2, 0.25) is 0 Å². The zero-order valence-corrected chi connectivity index (χ0v) is 68.4. The van der Waals surface area contributed by atoms with Crippen molar-refractivity contribution in [3.8, 4) is 17.2 Å². The zero-order valence-electron chi connectivity index (χ0n) is 68.4. The molecule has 8 heterocycles. The van der Waals surface area contributed by atoms with Crippen LogP contribution in [0.3, 0.4) is 0 Å². The highest BCUT2D eigenvalue weighted by atomic mass is 16.5. The number of carbonyl (C=O) groups is 3. The Kier molecular flexibility index (Phi) is 18.9. The molecule has 3 amide bonds. The van der Waals surface area contributed by atoms with E-state index in [4.69, 9.17) is 44.1 Å². The van der Waals surface area contributed by atoms with Crippen LogP contribution in [0.2, 0.25) is 0 Å². The summed E-state index contributed by atoms with van der Waals surface area (Å²) < 4.78 is 20.6. The fourth-order valence-corrected chi connectivity index (χ4v) is 22.0. The Morgan fingerprint density at radius 1 is 0.360 bits per heavy atom. The Labute approximate surface area is 668 Å². The van der Waals surface area contributed by atoms with Crippen molar-refractivity contribution in [2.45, 2.75) is 193 Å². The number of nitrogens with zero attached hydrogens (tertiary/aromatic N) is 10. The van der Waals surface area contributed by atoms with Gasteiger partial charge in [0.15, 0.2) is 0 Å². The first-order valence-electron chi connectivity index (χ1n) is 42.8. The Balaban J connectivity index is 0.000000115. The number of rotatable bonds is 4. The summed E-state index contributed by atoms with van der Waals surface area (Å²) in [5.41, 5.74) is 15.4. The fourth-order valence-electron chi connectivity index (χ4n) is 22.0. The van der Waals surface area contributed by atoms with Crippen molar-refractivity contribution in [2.75, 3.05) is 66.5 Å². The Morgan fingerprint density at radius 2 is 0.667 bits per heavy atom. The molecule has 12 aromatic rings. The lowest BCUT2D eigenvalue weighted by molar-refractivity contribution is -0.0118. The summed E-state index contributed by atoms with van der Waals surface area (Å²) in [6.07, 6.45) is 16.4. The zero-order chi connectivity index (χ0) is 78.4. The van der Waals surface area contributed by atoms with Gasteiger partial charge < -0.3 is 39.1 Å². The number of fused-ring (bicyclic) bond motifs is 27. The van der Waals surface area contributed by atoms with Crippen LogP contribution in [0, 0.1) is 35.5 Å². The number of nitrogens with one attached hydrogen (secondary N) is 1. The van der Waals surface area contributed by atoms with Crippen LogP contribution in [-0.4, -0.2) is 157 Å². The second kappa shape index (κ2) is 28.9. The molecule has 21 rings (SSSR count). The Bertz CT molecular complexity index is 5880. The lowest BCUT2D eigenvalue weighted by Gasteiger charge is -2.49. The van der Waals surface area contributed by atoms with Crippen molar-refractivity contribution in [3.63, 3.8) is 0 Å². The van der Waals surface area contributed by atoms with Crippen LogP contribution < -0.4 is 19.5 Å². The molecular weight excluding hydrogens is 1420 g/mol. The molecule has 17 nitrogen and oxygen atoms in total. The molecule has 114 heavy (non-hydrogen) atoms. The molecule has 4 aliphatic carbocycles. The number of amides is 3. The summed E-state index contributed by atoms with van der Waals surface area (Å²) in [5, 5.41) is 9.82.